The molecule has 0 saturated heterocycles. The first-order chi connectivity index (χ1) is 8.06. The quantitative estimate of drug-likeness (QED) is 0.679. The van der Waals surface area contributed by atoms with Crippen LogP contribution in [-0.4, -0.2) is 19.0 Å². The van der Waals surface area contributed by atoms with Crippen LogP contribution in [0.2, 0.25) is 0 Å². The molecule has 1 aromatic carbocycles. The fraction of sp³-hybridized carbons (Fsp3) is 0.182. The molecule has 0 aliphatic carbocycles. The Kier molecular flexibility index (Phi) is 3.23. The Labute approximate surface area is 99.8 Å². The summed E-state index contributed by atoms with van der Waals surface area (Å²) in [5.74, 6) is -0.731. The molecule has 0 bridgehead atoms. The first-order valence-electron chi connectivity index (χ1n) is 4.80. The number of esters is 1. The van der Waals surface area contributed by atoms with Crippen LogP contribution in [0.5, 0.6) is 0 Å². The molecule has 90 valence electrons. The van der Waals surface area contributed by atoms with Crippen molar-refractivity contribution in [1.29, 1.82) is 0 Å². The van der Waals surface area contributed by atoms with Crippen LogP contribution in [0.3, 0.4) is 0 Å². The number of fused-ring (bicyclic) bond motifs is 1. The summed E-state index contributed by atoms with van der Waals surface area (Å²) in [7, 11) is 0. The van der Waals surface area contributed by atoms with E-state index in [9.17, 15) is 13.6 Å². The molecule has 0 fully saturated rings. The van der Waals surface area contributed by atoms with Gasteiger partial charge in [0.25, 0.3) is 6.43 Å². The second-order valence-electron chi connectivity index (χ2n) is 3.40. The third kappa shape index (κ3) is 2.71. The largest absolute Gasteiger partial charge is 0.455 e. The summed E-state index contributed by atoms with van der Waals surface area (Å²) in [6.45, 7) is -0.880. The van der Waals surface area contributed by atoms with E-state index < -0.39 is 19.0 Å². The van der Waals surface area contributed by atoms with E-state index in [2.05, 4.69) is 4.74 Å². The predicted molar refractivity (Wildman–Crippen MR) is 62.5 cm³/mol. The van der Waals surface area contributed by atoms with Gasteiger partial charge < -0.3 is 10.5 Å². The number of nitrogens with two attached hydrogens (primary N) is 1. The number of hydrogen-bond acceptors (Lipinski definition) is 4. The normalized spacial score (nSPS) is 11.0. The van der Waals surface area contributed by atoms with Gasteiger partial charge in [0, 0.05) is 10.4 Å². The monoisotopic (exact) mass is 257 g/mol. The van der Waals surface area contributed by atoms with Crippen molar-refractivity contribution in [2.75, 3.05) is 12.3 Å². The molecule has 0 aliphatic rings. The average Bonchev–Trinajstić information content (AvgIpc) is 2.68. The smallest absolute Gasteiger partial charge is 0.348 e. The molecule has 0 atom stereocenters. The zero-order chi connectivity index (χ0) is 12.4. The van der Waals surface area contributed by atoms with Gasteiger partial charge >= 0.3 is 5.97 Å². The van der Waals surface area contributed by atoms with E-state index in [-0.39, 0.29) is 0 Å². The van der Waals surface area contributed by atoms with Crippen molar-refractivity contribution < 1.29 is 18.3 Å². The zero-order valence-electron chi connectivity index (χ0n) is 8.65. The molecule has 2 aromatic rings. The second kappa shape index (κ2) is 4.67. The molecule has 2 N–H and O–H groups in total. The topological polar surface area (TPSA) is 52.3 Å². The SMILES string of the molecule is Nc1ccc2sc(C(=O)OCC(F)F)cc2c1. The third-order valence-corrected chi connectivity index (χ3v) is 3.18. The Balaban J connectivity index is 2.21. The summed E-state index contributed by atoms with van der Waals surface area (Å²) >= 11 is 1.19. The van der Waals surface area contributed by atoms with E-state index in [1.807, 2.05) is 0 Å². The Hall–Kier alpha value is -1.69. The number of anilines is 1. The van der Waals surface area contributed by atoms with Crippen molar-refractivity contribution in [3.8, 4) is 0 Å². The van der Waals surface area contributed by atoms with Crippen LogP contribution in [0.4, 0.5) is 14.5 Å². The number of halogens is 2. The highest BCUT2D eigenvalue weighted by atomic mass is 32.1. The standard InChI is InChI=1S/C11H9F2NO2S/c12-10(13)5-16-11(15)9-4-6-3-7(14)1-2-8(6)17-9/h1-4,10H,5,14H2. The van der Waals surface area contributed by atoms with Gasteiger partial charge in [-0.1, -0.05) is 0 Å². The Morgan fingerprint density at radius 2 is 2.18 bits per heavy atom. The van der Waals surface area contributed by atoms with Crippen molar-refractivity contribution in [2.45, 2.75) is 6.43 Å². The zero-order valence-corrected chi connectivity index (χ0v) is 9.47. The van der Waals surface area contributed by atoms with Gasteiger partial charge in [-0.05, 0) is 29.7 Å². The van der Waals surface area contributed by atoms with Crippen molar-refractivity contribution in [1.82, 2.24) is 0 Å². The molecule has 2 rings (SSSR count). The van der Waals surface area contributed by atoms with Crippen molar-refractivity contribution in [2.24, 2.45) is 0 Å². The lowest BCUT2D eigenvalue weighted by atomic mass is 10.2. The predicted octanol–water partition coefficient (Wildman–Crippen LogP) is 2.91. The Morgan fingerprint density at radius 1 is 1.41 bits per heavy atom. The number of carbonyl (C=O) groups excluding carboxylic acids is 1. The number of ether oxygens (including phenoxy) is 1. The maximum absolute atomic E-state index is 11.9. The van der Waals surface area contributed by atoms with Crippen LogP contribution < -0.4 is 5.73 Å². The number of thiophene rings is 1. The van der Waals surface area contributed by atoms with Gasteiger partial charge in [-0.3, -0.25) is 0 Å². The highest BCUT2D eigenvalue weighted by Gasteiger charge is 2.14. The minimum Gasteiger partial charge on any atom is -0.455 e. The number of hydrogen-bond donors (Lipinski definition) is 1. The Bertz CT molecular complexity index is 553. The van der Waals surface area contributed by atoms with E-state index >= 15 is 0 Å². The van der Waals surface area contributed by atoms with Crippen LogP contribution in [0, 0.1) is 0 Å². The molecule has 0 radical (unpaired) electrons. The molecule has 0 unspecified atom stereocenters. The highest BCUT2D eigenvalue weighted by molar-refractivity contribution is 7.20. The van der Waals surface area contributed by atoms with Gasteiger partial charge in [-0.15, -0.1) is 11.3 Å². The van der Waals surface area contributed by atoms with E-state index in [0.717, 1.165) is 10.1 Å². The van der Waals surface area contributed by atoms with E-state index in [1.165, 1.54) is 11.3 Å². The lowest BCUT2D eigenvalue weighted by molar-refractivity contribution is 0.0164. The van der Waals surface area contributed by atoms with E-state index in [4.69, 9.17) is 5.73 Å². The molecule has 17 heavy (non-hydrogen) atoms. The maximum Gasteiger partial charge on any atom is 0.348 e. The van der Waals surface area contributed by atoms with Crippen LogP contribution in [0.1, 0.15) is 9.67 Å². The van der Waals surface area contributed by atoms with Crippen molar-refractivity contribution in [3.05, 3.63) is 29.1 Å². The van der Waals surface area contributed by atoms with E-state index in [0.29, 0.717) is 10.6 Å². The van der Waals surface area contributed by atoms with Crippen molar-refractivity contribution >= 4 is 33.1 Å². The van der Waals surface area contributed by atoms with Gasteiger partial charge in [0.15, 0.2) is 6.61 Å². The molecule has 0 spiro atoms. The lowest BCUT2D eigenvalue weighted by Crippen LogP contribution is -2.10. The summed E-state index contributed by atoms with van der Waals surface area (Å²) in [5, 5.41) is 0.805. The number of benzene rings is 1. The third-order valence-electron chi connectivity index (χ3n) is 2.08. The highest BCUT2D eigenvalue weighted by Crippen LogP contribution is 2.27. The van der Waals surface area contributed by atoms with Crippen LogP contribution in [0.25, 0.3) is 10.1 Å². The number of nitrogen functional groups attached to an aromatic ring is 1. The lowest BCUT2D eigenvalue weighted by Gasteiger charge is -2.00. The second-order valence-corrected chi connectivity index (χ2v) is 4.48. The molecule has 1 heterocycles. The minimum absolute atomic E-state index is 0.297. The molecule has 0 amide bonds. The van der Waals surface area contributed by atoms with Crippen LogP contribution in [0.15, 0.2) is 24.3 Å². The minimum atomic E-state index is -2.65. The molecule has 0 aliphatic heterocycles. The van der Waals surface area contributed by atoms with Crippen molar-refractivity contribution in [3.63, 3.8) is 0 Å². The maximum atomic E-state index is 11.9. The van der Waals surface area contributed by atoms with Gasteiger partial charge in [-0.25, -0.2) is 13.6 Å². The summed E-state index contributed by atoms with van der Waals surface area (Å²) in [5.41, 5.74) is 6.18. The number of alkyl halides is 2. The van der Waals surface area contributed by atoms with Gasteiger partial charge in [0.05, 0.1) is 0 Å². The average molecular weight is 257 g/mol. The Morgan fingerprint density at radius 3 is 2.88 bits per heavy atom. The fourth-order valence-corrected chi connectivity index (χ4v) is 2.31. The van der Waals surface area contributed by atoms with Gasteiger partial charge in [0.2, 0.25) is 0 Å². The first-order valence-corrected chi connectivity index (χ1v) is 5.62. The molecule has 1 aromatic heterocycles. The van der Waals surface area contributed by atoms with Gasteiger partial charge in [-0.2, -0.15) is 0 Å². The molecule has 6 heteroatoms. The summed E-state index contributed by atoms with van der Waals surface area (Å²) in [6, 6.07) is 6.80. The van der Waals surface area contributed by atoms with Crippen LogP contribution >= 0.6 is 11.3 Å². The molecule has 3 nitrogen and oxygen atoms in total. The fourth-order valence-electron chi connectivity index (χ4n) is 1.37. The number of rotatable bonds is 3. The summed E-state index contributed by atoms with van der Waals surface area (Å²) in [6.07, 6.45) is -2.65. The molecular formula is C11H9F2NO2S. The van der Waals surface area contributed by atoms with Gasteiger partial charge in [0.1, 0.15) is 4.88 Å². The molecule has 0 saturated carbocycles. The first kappa shape index (κ1) is 11.8. The summed E-state index contributed by atoms with van der Waals surface area (Å²) < 4.78 is 29.1. The summed E-state index contributed by atoms with van der Waals surface area (Å²) in [4.78, 5) is 11.7. The van der Waals surface area contributed by atoms with E-state index in [1.54, 1.807) is 24.3 Å². The molecular weight excluding hydrogens is 248 g/mol. The number of carbonyl (C=O) groups is 1. The van der Waals surface area contributed by atoms with Crippen LogP contribution in [-0.2, 0) is 4.74 Å².